The molecular formula is C35H37B2NO7. The highest BCUT2D eigenvalue weighted by molar-refractivity contribution is 6.58. The number of hydrogen-bond donors (Lipinski definition) is 4. The van der Waals surface area contributed by atoms with Gasteiger partial charge in [-0.2, -0.15) is 0 Å². The Morgan fingerprint density at radius 3 is 2.47 bits per heavy atom. The maximum Gasteiger partial charge on any atom is 0.488 e. The molecule has 2 aliphatic heterocycles. The molecule has 1 aliphatic carbocycles. The third kappa shape index (κ3) is 6.16. The van der Waals surface area contributed by atoms with Crippen molar-refractivity contribution in [3.05, 3.63) is 101 Å². The van der Waals surface area contributed by atoms with Gasteiger partial charge in [-0.25, -0.2) is 0 Å². The average molecular weight is 605 g/mol. The molecule has 0 spiro atoms. The van der Waals surface area contributed by atoms with E-state index >= 15 is 0 Å². The van der Waals surface area contributed by atoms with Gasteiger partial charge in [-0.15, -0.1) is 0 Å². The number of nitrogens with zero attached hydrogens (tertiary/aromatic N) is 1. The van der Waals surface area contributed by atoms with Crippen LogP contribution in [0.5, 0.6) is 5.75 Å². The molecular weight excluding hydrogens is 568 g/mol. The third-order valence-electron chi connectivity index (χ3n) is 9.40. The minimum absolute atomic E-state index is 0.103. The minimum Gasteiger partial charge on any atom is -0.508 e. The van der Waals surface area contributed by atoms with Crippen LogP contribution in [0.3, 0.4) is 0 Å². The summed E-state index contributed by atoms with van der Waals surface area (Å²) < 4.78 is 6.22. The van der Waals surface area contributed by atoms with Crippen LogP contribution in [0.2, 0.25) is 6.32 Å². The van der Waals surface area contributed by atoms with Crippen molar-refractivity contribution in [2.24, 2.45) is 23.7 Å². The van der Waals surface area contributed by atoms with Crippen LogP contribution >= 0.6 is 0 Å². The Hall–Kier alpha value is -3.95. The number of benzene rings is 3. The van der Waals surface area contributed by atoms with Crippen molar-refractivity contribution in [1.82, 2.24) is 0 Å². The molecule has 10 heteroatoms. The van der Waals surface area contributed by atoms with Gasteiger partial charge in [0.25, 0.3) is 0 Å². The predicted octanol–water partition coefficient (Wildman–Crippen LogP) is 4.05. The van der Waals surface area contributed by atoms with Gasteiger partial charge in [0, 0.05) is 0 Å². The second-order valence-electron chi connectivity index (χ2n) is 12.5. The first-order valence-electron chi connectivity index (χ1n) is 15.6. The van der Waals surface area contributed by atoms with Crippen LogP contribution in [0.4, 0.5) is 5.69 Å². The summed E-state index contributed by atoms with van der Waals surface area (Å²) in [6.45, 7) is 4.17. The Morgan fingerprint density at radius 1 is 1.00 bits per heavy atom. The fraction of sp³-hybridized carbons (Fsp3) is 0.314. The number of phenolic OH excluding ortho intramolecular Hbond substituents is 1. The topological polar surface area (TPSA) is 128 Å². The van der Waals surface area contributed by atoms with Crippen LogP contribution in [0.25, 0.3) is 11.6 Å². The summed E-state index contributed by atoms with van der Waals surface area (Å²) >= 11 is 0. The molecule has 0 saturated carbocycles. The van der Waals surface area contributed by atoms with Crippen molar-refractivity contribution in [3.8, 4) is 5.75 Å². The third-order valence-corrected chi connectivity index (χ3v) is 9.40. The molecule has 0 radical (unpaired) electrons. The van der Waals surface area contributed by atoms with Gasteiger partial charge in [-0.3, -0.25) is 14.5 Å². The Balaban J connectivity index is 1.33. The van der Waals surface area contributed by atoms with Crippen LogP contribution in [0, 0.1) is 23.7 Å². The van der Waals surface area contributed by atoms with E-state index in [1.165, 1.54) is 17.0 Å². The molecule has 2 amide bonds. The summed E-state index contributed by atoms with van der Waals surface area (Å²) in [5, 5.41) is 40.4. The van der Waals surface area contributed by atoms with Crippen LogP contribution in [0.1, 0.15) is 44.2 Å². The first kappa shape index (κ1) is 31.0. The van der Waals surface area contributed by atoms with Crippen molar-refractivity contribution in [1.29, 1.82) is 0 Å². The lowest BCUT2D eigenvalue weighted by molar-refractivity contribution is -0.122. The predicted molar refractivity (Wildman–Crippen MR) is 175 cm³/mol. The zero-order valence-corrected chi connectivity index (χ0v) is 25.4. The Labute approximate surface area is 264 Å². The Morgan fingerprint density at radius 2 is 1.76 bits per heavy atom. The number of fused-ring (bicyclic) bond motifs is 3. The van der Waals surface area contributed by atoms with Crippen LogP contribution < -0.4 is 10.4 Å². The SMILES string of the molecule is CC(C)C1=C2[C@@H](CC/C(=C/c3cccc(O)c3)c3ccccc3)OB(O)C[C@@H]2[C@@H]2C(=O)N(c3cccc(B(O)O)c3)C(=O)[C@@H]2C1. The van der Waals surface area contributed by atoms with E-state index in [2.05, 4.69) is 19.9 Å². The smallest absolute Gasteiger partial charge is 0.488 e. The number of carbonyl (C=O) groups is 2. The number of hydrogen-bond acceptors (Lipinski definition) is 7. The molecule has 230 valence electrons. The second-order valence-corrected chi connectivity index (χ2v) is 12.5. The zero-order chi connectivity index (χ0) is 31.8. The molecule has 0 bridgehead atoms. The minimum atomic E-state index is -1.73. The molecule has 4 atom stereocenters. The monoisotopic (exact) mass is 605 g/mol. The summed E-state index contributed by atoms with van der Waals surface area (Å²) in [5.41, 5.74) is 5.57. The number of phenols is 1. The van der Waals surface area contributed by atoms with E-state index in [0.29, 0.717) is 24.9 Å². The number of allylic oxidation sites excluding steroid dienone is 2. The van der Waals surface area contributed by atoms with Crippen LogP contribution in [-0.4, -0.2) is 52.3 Å². The van der Waals surface area contributed by atoms with Crippen molar-refractivity contribution < 1.29 is 34.4 Å². The van der Waals surface area contributed by atoms with Crippen molar-refractivity contribution in [2.75, 3.05) is 4.90 Å². The van der Waals surface area contributed by atoms with E-state index in [4.69, 9.17) is 4.65 Å². The largest absolute Gasteiger partial charge is 0.508 e. The molecule has 0 unspecified atom stereocenters. The zero-order valence-electron chi connectivity index (χ0n) is 25.4. The van der Waals surface area contributed by atoms with Gasteiger partial charge < -0.3 is 24.8 Å². The average Bonchev–Trinajstić information content (AvgIpc) is 3.28. The molecule has 8 nitrogen and oxygen atoms in total. The summed E-state index contributed by atoms with van der Waals surface area (Å²) in [7, 11) is -2.81. The van der Waals surface area contributed by atoms with Crippen LogP contribution in [0.15, 0.2) is 90.0 Å². The molecule has 4 N–H and O–H groups in total. The molecule has 3 aromatic carbocycles. The molecule has 2 heterocycles. The summed E-state index contributed by atoms with van der Waals surface area (Å²) in [4.78, 5) is 29.1. The lowest BCUT2D eigenvalue weighted by Crippen LogP contribution is -2.46. The van der Waals surface area contributed by atoms with Gasteiger partial charge in [0.2, 0.25) is 11.8 Å². The summed E-state index contributed by atoms with van der Waals surface area (Å²) in [6, 6.07) is 23.3. The van der Waals surface area contributed by atoms with Gasteiger partial charge in [0.1, 0.15) is 5.75 Å². The number of aromatic hydroxyl groups is 1. The Bertz CT molecular complexity index is 1650. The normalized spacial score (nSPS) is 23.5. The number of imide groups is 1. The number of carbonyl (C=O) groups excluding carboxylic acids is 2. The first-order chi connectivity index (χ1) is 21.6. The highest BCUT2D eigenvalue weighted by Crippen LogP contribution is 2.52. The van der Waals surface area contributed by atoms with E-state index in [1.54, 1.807) is 30.3 Å². The van der Waals surface area contributed by atoms with Crippen molar-refractivity contribution in [2.45, 2.75) is 45.5 Å². The molecule has 6 rings (SSSR count). The summed E-state index contributed by atoms with van der Waals surface area (Å²) in [6.07, 6.45) is 3.42. The fourth-order valence-corrected chi connectivity index (χ4v) is 7.38. The van der Waals surface area contributed by atoms with Crippen molar-refractivity contribution >= 4 is 48.9 Å². The summed E-state index contributed by atoms with van der Waals surface area (Å²) in [5.74, 6) is -1.92. The first-order valence-corrected chi connectivity index (χ1v) is 15.6. The van der Waals surface area contributed by atoms with E-state index in [0.717, 1.165) is 27.8 Å². The molecule has 2 saturated heterocycles. The lowest BCUT2D eigenvalue weighted by atomic mass is 9.57. The van der Waals surface area contributed by atoms with Gasteiger partial charge >= 0.3 is 14.2 Å². The van der Waals surface area contributed by atoms with Gasteiger partial charge in [0.15, 0.2) is 0 Å². The maximum absolute atomic E-state index is 14.1. The highest BCUT2D eigenvalue weighted by atomic mass is 16.5. The number of amides is 2. The van der Waals surface area contributed by atoms with Gasteiger partial charge in [-0.1, -0.05) is 80.1 Å². The maximum atomic E-state index is 14.1. The van der Waals surface area contributed by atoms with Gasteiger partial charge in [0.05, 0.1) is 23.6 Å². The standard InChI is InChI=1S/C35H37B2NO7/c1-21(2)28-19-29-33(35(41)38(34(29)40)26-12-7-11-25(18-26)37(43)44)30-20-36(42)45-31(32(28)30)15-14-24(23-9-4-3-5-10-23)16-22-8-6-13-27(39)17-22/h3-13,16-18,21,29-31,33,39,42-44H,14-15,19-20H2,1-2H3/b24-16-/t29-,30+,31-,33-/m1/s1. The molecule has 0 aromatic heterocycles. The van der Waals surface area contributed by atoms with Gasteiger partial charge in [-0.05, 0) is 89.4 Å². The highest BCUT2D eigenvalue weighted by Gasteiger charge is 2.57. The number of anilines is 1. The quantitative estimate of drug-likeness (QED) is 0.132. The lowest BCUT2D eigenvalue weighted by Gasteiger charge is -2.44. The second kappa shape index (κ2) is 12.8. The van der Waals surface area contributed by atoms with E-state index in [-0.39, 0.29) is 41.2 Å². The van der Waals surface area contributed by atoms with Crippen molar-refractivity contribution in [3.63, 3.8) is 0 Å². The number of rotatable bonds is 8. The van der Waals surface area contributed by atoms with E-state index in [1.807, 2.05) is 36.4 Å². The molecule has 45 heavy (non-hydrogen) atoms. The van der Waals surface area contributed by atoms with Crippen LogP contribution in [-0.2, 0) is 14.2 Å². The van der Waals surface area contributed by atoms with E-state index in [9.17, 15) is 29.8 Å². The van der Waals surface area contributed by atoms with E-state index < -0.39 is 32.2 Å². The Kier molecular flexibility index (Phi) is 8.84. The molecule has 3 aromatic rings. The molecule has 3 aliphatic rings. The molecule has 2 fully saturated rings. The fourth-order valence-electron chi connectivity index (χ4n) is 7.38.